The number of hydrogen-bond donors (Lipinski definition) is 2. The van der Waals surface area contributed by atoms with Crippen molar-refractivity contribution < 1.29 is 25.9 Å². The van der Waals surface area contributed by atoms with Crippen LogP contribution in [0.4, 0.5) is 0 Å². The Morgan fingerprint density at radius 1 is 1.00 bits per heavy atom. The second-order valence-electron chi connectivity index (χ2n) is 2.28. The molecule has 1 heterocycles. The average molecular weight is 239 g/mol. The first kappa shape index (κ1) is 11.0. The van der Waals surface area contributed by atoms with Crippen LogP contribution in [0.15, 0.2) is 28.3 Å². The molecule has 0 bridgehead atoms. The maximum Gasteiger partial charge on any atom is 0.312 e. The lowest BCUT2D eigenvalue weighted by Crippen LogP contribution is -2.04. The Labute approximate surface area is 79.9 Å². The van der Waals surface area contributed by atoms with E-state index in [1.165, 1.54) is 0 Å². The van der Waals surface area contributed by atoms with E-state index in [1.807, 2.05) is 0 Å². The summed E-state index contributed by atoms with van der Waals surface area (Å²) in [6.07, 6.45) is 0.623. The maximum atomic E-state index is 10.5. The first-order valence-corrected chi connectivity index (χ1v) is 6.00. The van der Waals surface area contributed by atoms with E-state index >= 15 is 0 Å². The average Bonchev–Trinajstić information content (AvgIpc) is 2.01. The van der Waals surface area contributed by atoms with Crippen molar-refractivity contribution in [2.45, 2.75) is 9.92 Å². The molecule has 0 aliphatic heterocycles. The third kappa shape index (κ3) is 2.48. The largest absolute Gasteiger partial charge is 0.312 e. The molecular weight excluding hydrogens is 234 g/mol. The summed E-state index contributed by atoms with van der Waals surface area (Å²) in [5.41, 5.74) is 0. The molecule has 1 aromatic heterocycles. The van der Waals surface area contributed by atoms with Gasteiger partial charge in [0.15, 0.2) is 5.03 Å². The zero-order chi connectivity index (χ0) is 11.0. The monoisotopic (exact) mass is 239 g/mol. The molecule has 0 saturated carbocycles. The van der Waals surface area contributed by atoms with Gasteiger partial charge in [-0.25, -0.2) is 4.98 Å². The topological polar surface area (TPSA) is 122 Å². The van der Waals surface area contributed by atoms with E-state index in [-0.39, 0.29) is 0 Å². The molecule has 0 aliphatic rings. The number of hydrogen-bond acceptors (Lipinski definition) is 5. The van der Waals surface area contributed by atoms with Gasteiger partial charge < -0.3 is 0 Å². The molecule has 0 saturated heterocycles. The summed E-state index contributed by atoms with van der Waals surface area (Å²) >= 11 is 0. The lowest BCUT2D eigenvalue weighted by atomic mass is 10.5. The summed E-state index contributed by atoms with van der Waals surface area (Å²) in [5.74, 6) is 0. The molecule has 0 unspecified atom stereocenters. The van der Waals surface area contributed by atoms with Crippen LogP contribution in [0.2, 0.25) is 0 Å². The summed E-state index contributed by atoms with van der Waals surface area (Å²) in [6.45, 7) is 0. The minimum atomic E-state index is -4.45. The van der Waals surface area contributed by atoms with Crippen molar-refractivity contribution >= 4 is 20.2 Å². The standard InChI is InChI=1S/C5H5NO6S2/c7-13(8,9)4-1-2-5(6-3-4)14(10,11)12/h1-3H,(H,7,8,9)(H,10,11,12). The van der Waals surface area contributed by atoms with Gasteiger partial charge >= 0.3 is 10.1 Å². The van der Waals surface area contributed by atoms with Gasteiger partial charge in [0.05, 0.1) is 0 Å². The normalized spacial score (nSPS) is 12.7. The first-order chi connectivity index (χ1) is 6.21. The van der Waals surface area contributed by atoms with Crippen LogP contribution in [0.25, 0.3) is 0 Å². The molecule has 0 fully saturated rings. The SMILES string of the molecule is O=S(=O)(O)c1ccc(S(=O)(=O)O)nc1. The summed E-state index contributed by atoms with van der Waals surface area (Å²) in [7, 11) is -8.86. The van der Waals surface area contributed by atoms with Gasteiger partial charge in [-0.15, -0.1) is 0 Å². The molecular formula is C5H5NO6S2. The quantitative estimate of drug-likeness (QED) is 0.671. The zero-order valence-electron chi connectivity index (χ0n) is 6.52. The Bertz CT molecular complexity index is 477. The predicted molar refractivity (Wildman–Crippen MR) is 43.9 cm³/mol. The minimum absolute atomic E-state index is 0.551. The van der Waals surface area contributed by atoms with Crippen molar-refractivity contribution in [2.75, 3.05) is 0 Å². The van der Waals surface area contributed by atoms with E-state index in [1.54, 1.807) is 0 Å². The second kappa shape index (κ2) is 3.28. The Morgan fingerprint density at radius 3 is 1.86 bits per heavy atom. The fourth-order valence-corrected chi connectivity index (χ4v) is 1.52. The summed E-state index contributed by atoms with van der Waals surface area (Å²) in [5, 5.41) is -0.690. The highest BCUT2D eigenvalue weighted by atomic mass is 32.2. The molecule has 0 aliphatic carbocycles. The maximum absolute atomic E-state index is 10.5. The summed E-state index contributed by atoms with van der Waals surface area (Å²) in [6, 6.07) is 1.57. The molecule has 1 rings (SSSR count). The van der Waals surface area contributed by atoms with E-state index in [9.17, 15) is 16.8 Å². The fourth-order valence-electron chi connectivity index (χ4n) is 0.672. The van der Waals surface area contributed by atoms with Crippen molar-refractivity contribution in [1.82, 2.24) is 4.98 Å². The molecule has 78 valence electrons. The van der Waals surface area contributed by atoms with Crippen LogP contribution in [0.3, 0.4) is 0 Å². The number of aromatic nitrogens is 1. The summed E-state index contributed by atoms with van der Waals surface area (Å²) < 4.78 is 58.9. The van der Waals surface area contributed by atoms with Gasteiger partial charge in [0.25, 0.3) is 10.1 Å². The molecule has 0 spiro atoms. The van der Waals surface area contributed by atoms with Crippen LogP contribution in [0.5, 0.6) is 0 Å². The molecule has 0 atom stereocenters. The van der Waals surface area contributed by atoms with Gasteiger partial charge in [0.2, 0.25) is 0 Å². The highest BCUT2D eigenvalue weighted by Gasteiger charge is 2.14. The van der Waals surface area contributed by atoms with Crippen LogP contribution in [-0.2, 0) is 20.2 Å². The lowest BCUT2D eigenvalue weighted by Gasteiger charge is -1.97. The number of rotatable bonds is 2. The van der Waals surface area contributed by atoms with Crippen LogP contribution in [0.1, 0.15) is 0 Å². The molecule has 1 aromatic rings. The van der Waals surface area contributed by atoms with Gasteiger partial charge in [0, 0.05) is 6.20 Å². The van der Waals surface area contributed by atoms with Crippen LogP contribution in [0, 0.1) is 0 Å². The van der Waals surface area contributed by atoms with Crippen LogP contribution < -0.4 is 0 Å². The van der Waals surface area contributed by atoms with E-state index in [0.29, 0.717) is 6.20 Å². The predicted octanol–water partition coefficient (Wildman–Crippen LogP) is -0.425. The van der Waals surface area contributed by atoms with E-state index in [4.69, 9.17) is 9.11 Å². The van der Waals surface area contributed by atoms with Gasteiger partial charge in [-0.1, -0.05) is 0 Å². The van der Waals surface area contributed by atoms with Gasteiger partial charge in [-0.2, -0.15) is 16.8 Å². The Kier molecular flexibility index (Phi) is 2.58. The van der Waals surface area contributed by atoms with Crippen LogP contribution >= 0.6 is 0 Å². The lowest BCUT2D eigenvalue weighted by molar-refractivity contribution is 0.474. The van der Waals surface area contributed by atoms with Crippen molar-refractivity contribution in [1.29, 1.82) is 0 Å². The minimum Gasteiger partial charge on any atom is -0.282 e. The second-order valence-corrected chi connectivity index (χ2v) is 5.07. The number of nitrogens with zero attached hydrogens (tertiary/aromatic N) is 1. The molecule has 14 heavy (non-hydrogen) atoms. The van der Waals surface area contributed by atoms with Gasteiger partial charge in [0.1, 0.15) is 4.90 Å². The third-order valence-electron chi connectivity index (χ3n) is 1.27. The van der Waals surface area contributed by atoms with Crippen molar-refractivity contribution in [2.24, 2.45) is 0 Å². The van der Waals surface area contributed by atoms with Crippen LogP contribution in [-0.4, -0.2) is 30.9 Å². The molecule has 9 heteroatoms. The zero-order valence-corrected chi connectivity index (χ0v) is 8.16. The Morgan fingerprint density at radius 2 is 1.57 bits per heavy atom. The van der Waals surface area contributed by atoms with Gasteiger partial charge in [-0.3, -0.25) is 9.11 Å². The third-order valence-corrected chi connectivity index (χ3v) is 2.88. The van der Waals surface area contributed by atoms with Crippen molar-refractivity contribution in [3.8, 4) is 0 Å². The van der Waals surface area contributed by atoms with E-state index < -0.39 is 30.2 Å². The highest BCUT2D eigenvalue weighted by Crippen LogP contribution is 2.10. The van der Waals surface area contributed by atoms with Crippen molar-refractivity contribution in [3.63, 3.8) is 0 Å². The Balaban J connectivity index is 3.28. The molecule has 0 radical (unpaired) electrons. The molecule has 7 nitrogen and oxygen atoms in total. The summed E-state index contributed by atoms with van der Waals surface area (Å²) in [4.78, 5) is 2.59. The van der Waals surface area contributed by atoms with E-state index in [0.717, 1.165) is 12.1 Å². The molecule has 0 amide bonds. The fraction of sp³-hybridized carbons (Fsp3) is 0. The Hall–Kier alpha value is -1.03. The molecule has 2 N–H and O–H groups in total. The first-order valence-electron chi connectivity index (χ1n) is 3.12. The van der Waals surface area contributed by atoms with Gasteiger partial charge in [-0.05, 0) is 12.1 Å². The smallest absolute Gasteiger partial charge is 0.282 e. The van der Waals surface area contributed by atoms with Crippen molar-refractivity contribution in [3.05, 3.63) is 18.3 Å². The molecule has 0 aromatic carbocycles. The highest BCUT2D eigenvalue weighted by molar-refractivity contribution is 7.86. The number of pyridine rings is 1. The van der Waals surface area contributed by atoms with E-state index in [2.05, 4.69) is 4.98 Å².